The molecule has 1 unspecified atom stereocenters. The van der Waals surface area contributed by atoms with E-state index in [1.54, 1.807) is 30.3 Å². The SMILES string of the molecule is [2H][C@H](Br)C(OC(=O)[C@](OC)(c1ccccc1)C(F)(F)F)c1ccccc1. The van der Waals surface area contributed by atoms with Crippen molar-refractivity contribution in [3.63, 3.8) is 0 Å². The Morgan fingerprint density at radius 3 is 2.08 bits per heavy atom. The third-order valence-corrected chi connectivity index (χ3v) is 4.13. The summed E-state index contributed by atoms with van der Waals surface area (Å²) in [4.78, 5) is 12.7. The quantitative estimate of drug-likeness (QED) is 0.501. The molecule has 134 valence electrons. The fourth-order valence-corrected chi connectivity index (χ4v) is 2.81. The van der Waals surface area contributed by atoms with Crippen molar-refractivity contribution in [1.29, 1.82) is 0 Å². The Morgan fingerprint density at radius 1 is 1.12 bits per heavy atom. The van der Waals surface area contributed by atoms with Crippen LogP contribution < -0.4 is 0 Å². The van der Waals surface area contributed by atoms with Gasteiger partial charge in [0, 0.05) is 19.4 Å². The normalized spacial score (nSPS) is 17.1. The van der Waals surface area contributed by atoms with Crippen LogP contribution in [0, 0.1) is 0 Å². The third-order valence-electron chi connectivity index (χ3n) is 3.65. The van der Waals surface area contributed by atoms with Crippen molar-refractivity contribution in [2.75, 3.05) is 12.4 Å². The van der Waals surface area contributed by atoms with Crippen LogP contribution >= 0.6 is 15.9 Å². The summed E-state index contributed by atoms with van der Waals surface area (Å²) >= 11 is 2.97. The molecule has 0 heterocycles. The minimum atomic E-state index is -5.06. The number of carbonyl (C=O) groups is 1. The van der Waals surface area contributed by atoms with E-state index in [-0.39, 0.29) is 0 Å². The number of carbonyl (C=O) groups excluding carboxylic acids is 1. The molecule has 0 radical (unpaired) electrons. The van der Waals surface area contributed by atoms with Crippen molar-refractivity contribution in [3.05, 3.63) is 71.8 Å². The van der Waals surface area contributed by atoms with Gasteiger partial charge in [-0.2, -0.15) is 13.2 Å². The van der Waals surface area contributed by atoms with Crippen molar-refractivity contribution < 1.29 is 28.8 Å². The van der Waals surface area contributed by atoms with Crippen LogP contribution in [-0.4, -0.2) is 24.6 Å². The Labute approximate surface area is 153 Å². The highest BCUT2D eigenvalue weighted by molar-refractivity contribution is 9.09. The molecule has 0 aliphatic heterocycles. The van der Waals surface area contributed by atoms with E-state index in [0.717, 1.165) is 19.2 Å². The first-order valence-electron chi connectivity index (χ1n) is 7.81. The smallest absolute Gasteiger partial charge is 0.432 e. The van der Waals surface area contributed by atoms with E-state index >= 15 is 0 Å². The van der Waals surface area contributed by atoms with Crippen molar-refractivity contribution >= 4 is 21.9 Å². The van der Waals surface area contributed by atoms with Gasteiger partial charge in [0.05, 0.1) is 0 Å². The van der Waals surface area contributed by atoms with E-state index < -0.39 is 34.7 Å². The number of ether oxygens (including phenoxy) is 2. The minimum absolute atomic E-state index is 0.387. The Bertz CT molecular complexity index is 725. The van der Waals surface area contributed by atoms with E-state index in [9.17, 15) is 18.0 Å². The maximum Gasteiger partial charge on any atom is 0.432 e. The Kier molecular flexibility index (Phi) is 5.75. The standard InChI is InChI=1S/C18H16BrF3O3/c1-24-17(18(20,21)22,14-10-6-3-7-11-14)16(23)25-15(12-19)13-8-4-2-5-9-13/h2-11,15H,12H2,1H3/t15?,17-/m1/s1/i12D/t12-,15?,17+/m0. The van der Waals surface area contributed by atoms with Gasteiger partial charge in [0.15, 0.2) is 0 Å². The lowest BCUT2D eigenvalue weighted by Gasteiger charge is -2.33. The largest absolute Gasteiger partial charge is 0.454 e. The molecule has 3 atom stereocenters. The van der Waals surface area contributed by atoms with Gasteiger partial charge in [0.25, 0.3) is 5.60 Å². The van der Waals surface area contributed by atoms with Gasteiger partial charge in [-0.1, -0.05) is 76.6 Å². The summed E-state index contributed by atoms with van der Waals surface area (Å²) in [5.41, 5.74) is -3.30. The fraction of sp³-hybridized carbons (Fsp3) is 0.278. The van der Waals surface area contributed by atoms with Gasteiger partial charge in [-0.05, 0) is 5.56 Å². The molecule has 0 N–H and O–H groups in total. The van der Waals surface area contributed by atoms with E-state index in [2.05, 4.69) is 15.9 Å². The average molecular weight is 418 g/mol. The van der Waals surface area contributed by atoms with E-state index in [1.807, 2.05) is 0 Å². The second-order valence-corrected chi connectivity index (χ2v) is 5.64. The van der Waals surface area contributed by atoms with Crippen molar-refractivity contribution in [3.8, 4) is 0 Å². The van der Waals surface area contributed by atoms with Crippen molar-refractivity contribution in [1.82, 2.24) is 0 Å². The Morgan fingerprint density at radius 2 is 1.64 bits per heavy atom. The molecule has 0 aliphatic carbocycles. The second kappa shape index (κ2) is 8.01. The van der Waals surface area contributed by atoms with Gasteiger partial charge >= 0.3 is 12.1 Å². The summed E-state index contributed by atoms with van der Waals surface area (Å²) in [6.45, 7) is 0. The average Bonchev–Trinajstić information content (AvgIpc) is 2.61. The Balaban J connectivity index is 2.47. The molecule has 2 aromatic carbocycles. The topological polar surface area (TPSA) is 35.5 Å². The first-order valence-corrected chi connectivity index (χ1v) is 8.15. The summed E-state index contributed by atoms with van der Waals surface area (Å²) in [7, 11) is 0.797. The monoisotopic (exact) mass is 417 g/mol. The first kappa shape index (κ1) is 17.9. The highest BCUT2D eigenvalue weighted by atomic mass is 79.9. The lowest BCUT2D eigenvalue weighted by molar-refractivity contribution is -0.278. The third kappa shape index (κ3) is 3.88. The molecule has 0 aromatic heterocycles. The molecule has 7 heteroatoms. The summed E-state index contributed by atoms with van der Waals surface area (Å²) in [6.07, 6.45) is -6.31. The van der Waals surface area contributed by atoms with Crippen LogP contribution in [0.3, 0.4) is 0 Å². The molecular weight excluding hydrogens is 401 g/mol. The van der Waals surface area contributed by atoms with Gasteiger partial charge in [-0.3, -0.25) is 0 Å². The fourth-order valence-electron chi connectivity index (χ4n) is 2.39. The van der Waals surface area contributed by atoms with E-state index in [4.69, 9.17) is 10.8 Å². The number of esters is 1. The number of benzene rings is 2. The van der Waals surface area contributed by atoms with Crippen LogP contribution in [0.25, 0.3) is 0 Å². The van der Waals surface area contributed by atoms with Crippen LogP contribution in [0.1, 0.15) is 18.6 Å². The lowest BCUT2D eigenvalue weighted by Crippen LogP contribution is -2.52. The predicted molar refractivity (Wildman–Crippen MR) is 90.3 cm³/mol. The molecule has 0 amide bonds. The summed E-state index contributed by atoms with van der Waals surface area (Å²) in [6, 6.07) is 14.6. The van der Waals surface area contributed by atoms with Crippen LogP contribution in [0.4, 0.5) is 13.2 Å². The van der Waals surface area contributed by atoms with Crippen LogP contribution in [-0.2, 0) is 19.9 Å². The maximum absolute atomic E-state index is 13.9. The molecule has 2 aromatic rings. The molecule has 0 spiro atoms. The van der Waals surface area contributed by atoms with Gasteiger partial charge in [0.2, 0.25) is 0 Å². The Hall–Kier alpha value is -1.86. The van der Waals surface area contributed by atoms with Gasteiger partial charge in [-0.25, -0.2) is 4.79 Å². The minimum Gasteiger partial charge on any atom is -0.454 e. The molecular formula is C18H16BrF3O3. The lowest BCUT2D eigenvalue weighted by atomic mass is 9.92. The second-order valence-electron chi connectivity index (χ2n) is 5.11. The van der Waals surface area contributed by atoms with Crippen LogP contribution in [0.15, 0.2) is 60.7 Å². The predicted octanol–water partition coefficient (Wildman–Crippen LogP) is 4.77. The van der Waals surface area contributed by atoms with Gasteiger partial charge in [0.1, 0.15) is 6.10 Å². The first-order chi connectivity index (χ1) is 12.2. The van der Waals surface area contributed by atoms with Crippen molar-refractivity contribution in [2.24, 2.45) is 0 Å². The maximum atomic E-state index is 13.9. The zero-order valence-electron chi connectivity index (χ0n) is 14.2. The molecule has 0 aliphatic rings. The molecule has 0 bridgehead atoms. The number of hydrogen-bond donors (Lipinski definition) is 0. The number of hydrogen-bond acceptors (Lipinski definition) is 3. The highest BCUT2D eigenvalue weighted by Crippen LogP contribution is 2.43. The van der Waals surface area contributed by atoms with Gasteiger partial charge in [-0.15, -0.1) is 0 Å². The van der Waals surface area contributed by atoms with Crippen molar-refractivity contribution in [2.45, 2.75) is 17.9 Å². The van der Waals surface area contributed by atoms with Gasteiger partial charge < -0.3 is 9.47 Å². The number of halogens is 4. The molecule has 2 rings (SSSR count). The molecule has 0 fully saturated rings. The number of alkyl halides is 4. The molecule has 25 heavy (non-hydrogen) atoms. The van der Waals surface area contributed by atoms with Crippen LogP contribution in [0.2, 0.25) is 0 Å². The summed E-state index contributed by atoms with van der Waals surface area (Å²) in [5.74, 6) is -1.63. The number of methoxy groups -OCH3 is 1. The molecule has 3 nitrogen and oxygen atoms in total. The van der Waals surface area contributed by atoms with E-state index in [0.29, 0.717) is 5.56 Å². The zero-order valence-corrected chi connectivity index (χ0v) is 14.8. The molecule has 0 saturated carbocycles. The van der Waals surface area contributed by atoms with E-state index in [1.165, 1.54) is 18.2 Å². The summed E-state index contributed by atoms with van der Waals surface area (Å²) < 4.78 is 59.3. The molecule has 0 saturated heterocycles. The number of rotatable bonds is 6. The highest BCUT2D eigenvalue weighted by Gasteiger charge is 2.64. The van der Waals surface area contributed by atoms with Crippen LogP contribution in [0.5, 0.6) is 0 Å². The zero-order chi connectivity index (χ0) is 19.4. The summed E-state index contributed by atoms with van der Waals surface area (Å²) in [5, 5.41) is -1.16.